The minimum Gasteiger partial charge on any atom is -0.381 e. The third-order valence-electron chi connectivity index (χ3n) is 3.07. The Labute approximate surface area is 91.8 Å². The Hall–Kier alpha value is -0.610. The number of carbonyl (C=O) groups is 1. The van der Waals surface area contributed by atoms with Crippen LogP contribution in [0, 0.1) is 5.92 Å². The summed E-state index contributed by atoms with van der Waals surface area (Å²) in [5, 5.41) is 6.02. The van der Waals surface area contributed by atoms with Crippen LogP contribution in [0.3, 0.4) is 0 Å². The molecule has 0 saturated carbocycles. The third kappa shape index (κ3) is 4.62. The molecule has 0 aromatic rings. The zero-order chi connectivity index (χ0) is 11.1. The van der Waals surface area contributed by atoms with Crippen molar-refractivity contribution >= 4 is 5.91 Å². The maximum absolute atomic E-state index is 11.0. The molecular weight excluding hydrogens is 192 g/mol. The summed E-state index contributed by atoms with van der Waals surface area (Å²) < 4.78 is 5.32. The molecule has 1 rings (SSSR count). The lowest BCUT2D eigenvalue weighted by molar-refractivity contribution is -0.120. The van der Waals surface area contributed by atoms with E-state index in [4.69, 9.17) is 4.74 Å². The molecule has 1 heterocycles. The minimum atomic E-state index is 0.0988. The highest BCUT2D eigenvalue weighted by Crippen LogP contribution is 2.18. The average molecular weight is 214 g/mol. The topological polar surface area (TPSA) is 50.4 Å². The Morgan fingerprint density at radius 2 is 2.13 bits per heavy atom. The van der Waals surface area contributed by atoms with Crippen LogP contribution in [0.25, 0.3) is 0 Å². The van der Waals surface area contributed by atoms with E-state index >= 15 is 0 Å². The van der Waals surface area contributed by atoms with Gasteiger partial charge in [0, 0.05) is 39.3 Å². The zero-order valence-electron chi connectivity index (χ0n) is 9.71. The van der Waals surface area contributed by atoms with Gasteiger partial charge in [-0.15, -0.1) is 0 Å². The summed E-state index contributed by atoms with van der Waals surface area (Å²) in [5.41, 5.74) is 0. The molecule has 1 fully saturated rings. The summed E-state index contributed by atoms with van der Waals surface area (Å²) in [5.74, 6) is 0.796. The fourth-order valence-electron chi connectivity index (χ4n) is 1.92. The first-order valence-corrected chi connectivity index (χ1v) is 5.75. The van der Waals surface area contributed by atoms with Gasteiger partial charge in [-0.3, -0.25) is 4.79 Å². The van der Waals surface area contributed by atoms with Gasteiger partial charge in [-0.05, 0) is 25.7 Å². The van der Waals surface area contributed by atoms with Gasteiger partial charge in [-0.2, -0.15) is 0 Å². The van der Waals surface area contributed by atoms with Crippen LogP contribution in [0.1, 0.15) is 26.2 Å². The molecule has 1 aliphatic heterocycles. The van der Waals surface area contributed by atoms with E-state index in [1.165, 1.54) is 0 Å². The van der Waals surface area contributed by atoms with Crippen LogP contribution in [0.4, 0.5) is 0 Å². The molecule has 88 valence electrons. The summed E-state index contributed by atoms with van der Waals surface area (Å²) >= 11 is 0. The van der Waals surface area contributed by atoms with E-state index in [0.717, 1.165) is 32.6 Å². The van der Waals surface area contributed by atoms with E-state index in [0.29, 0.717) is 18.4 Å². The van der Waals surface area contributed by atoms with Crippen LogP contribution in [-0.4, -0.2) is 38.8 Å². The van der Waals surface area contributed by atoms with Gasteiger partial charge in [-0.25, -0.2) is 0 Å². The zero-order valence-corrected chi connectivity index (χ0v) is 9.71. The molecule has 1 atom stereocenters. The Bertz CT molecular complexity index is 191. The molecule has 2 N–H and O–H groups in total. The molecule has 0 radical (unpaired) electrons. The van der Waals surface area contributed by atoms with Gasteiger partial charge in [0.15, 0.2) is 0 Å². The number of hydrogen-bond acceptors (Lipinski definition) is 3. The molecule has 1 saturated heterocycles. The number of rotatable bonds is 5. The van der Waals surface area contributed by atoms with Crippen LogP contribution >= 0.6 is 0 Å². The second-order valence-electron chi connectivity index (χ2n) is 4.12. The lowest BCUT2D eigenvalue weighted by Gasteiger charge is -2.28. The van der Waals surface area contributed by atoms with Gasteiger partial charge in [0.05, 0.1) is 0 Å². The van der Waals surface area contributed by atoms with Crippen molar-refractivity contribution in [3.63, 3.8) is 0 Å². The first-order valence-electron chi connectivity index (χ1n) is 5.75. The minimum absolute atomic E-state index is 0.0988. The number of nitrogens with one attached hydrogen (secondary N) is 2. The largest absolute Gasteiger partial charge is 0.381 e. The molecular formula is C11H22N2O2. The molecule has 15 heavy (non-hydrogen) atoms. The van der Waals surface area contributed by atoms with E-state index < -0.39 is 0 Å². The highest BCUT2D eigenvalue weighted by Gasteiger charge is 2.19. The Morgan fingerprint density at radius 1 is 1.47 bits per heavy atom. The van der Waals surface area contributed by atoms with Crippen molar-refractivity contribution < 1.29 is 9.53 Å². The first kappa shape index (κ1) is 12.5. The van der Waals surface area contributed by atoms with Crippen molar-refractivity contribution in [1.29, 1.82) is 0 Å². The van der Waals surface area contributed by atoms with E-state index in [-0.39, 0.29) is 5.91 Å². The Morgan fingerprint density at radius 3 is 2.73 bits per heavy atom. The average Bonchev–Trinajstić information content (AvgIpc) is 2.29. The van der Waals surface area contributed by atoms with E-state index in [1.54, 1.807) is 7.05 Å². The van der Waals surface area contributed by atoms with Crippen LogP contribution in [0.2, 0.25) is 0 Å². The number of carbonyl (C=O) groups excluding carboxylic acids is 1. The van der Waals surface area contributed by atoms with Crippen molar-refractivity contribution in [2.45, 2.75) is 32.2 Å². The van der Waals surface area contributed by atoms with Gasteiger partial charge >= 0.3 is 0 Å². The van der Waals surface area contributed by atoms with E-state index in [1.807, 2.05) is 0 Å². The maximum atomic E-state index is 11.0. The highest BCUT2D eigenvalue weighted by atomic mass is 16.5. The molecule has 1 unspecified atom stereocenters. The third-order valence-corrected chi connectivity index (χ3v) is 3.07. The molecule has 0 aromatic heterocycles. The molecule has 1 amide bonds. The van der Waals surface area contributed by atoms with Gasteiger partial charge in [0.1, 0.15) is 0 Å². The second-order valence-corrected chi connectivity index (χ2v) is 4.12. The van der Waals surface area contributed by atoms with Gasteiger partial charge in [-0.1, -0.05) is 0 Å². The molecule has 0 bridgehead atoms. The van der Waals surface area contributed by atoms with Crippen LogP contribution in [-0.2, 0) is 9.53 Å². The van der Waals surface area contributed by atoms with Crippen LogP contribution in [0.5, 0.6) is 0 Å². The normalized spacial score (nSPS) is 19.9. The van der Waals surface area contributed by atoms with E-state index in [9.17, 15) is 4.79 Å². The number of hydrogen-bond donors (Lipinski definition) is 2. The fraction of sp³-hybridized carbons (Fsp3) is 0.909. The van der Waals surface area contributed by atoms with Crippen molar-refractivity contribution in [1.82, 2.24) is 10.6 Å². The molecule has 4 nitrogen and oxygen atoms in total. The summed E-state index contributed by atoms with van der Waals surface area (Å²) in [6.07, 6.45) is 2.83. The predicted octanol–water partition coefficient (Wildman–Crippen LogP) is 0.527. The van der Waals surface area contributed by atoms with Gasteiger partial charge < -0.3 is 15.4 Å². The summed E-state index contributed by atoms with van der Waals surface area (Å²) in [7, 11) is 1.67. The molecule has 0 aliphatic carbocycles. The van der Waals surface area contributed by atoms with Crippen molar-refractivity contribution in [2.24, 2.45) is 5.92 Å². The number of amides is 1. The molecule has 0 aromatic carbocycles. The van der Waals surface area contributed by atoms with Crippen molar-refractivity contribution in [3.8, 4) is 0 Å². The number of ether oxygens (including phenoxy) is 1. The Kier molecular flexibility index (Phi) is 5.65. The SMILES string of the molecule is CNC(=O)CCNC(C)C1CCOCC1. The maximum Gasteiger partial charge on any atom is 0.221 e. The standard InChI is InChI=1S/C11H22N2O2/c1-9(10-4-7-15-8-5-10)13-6-3-11(14)12-2/h9-10,13H,3-8H2,1-2H3,(H,12,14). The van der Waals surface area contributed by atoms with Crippen LogP contribution in [0.15, 0.2) is 0 Å². The van der Waals surface area contributed by atoms with Crippen molar-refractivity contribution in [3.05, 3.63) is 0 Å². The molecule has 4 heteroatoms. The molecule has 1 aliphatic rings. The summed E-state index contributed by atoms with van der Waals surface area (Å²) in [6, 6.07) is 0.485. The van der Waals surface area contributed by atoms with Crippen LogP contribution < -0.4 is 10.6 Å². The van der Waals surface area contributed by atoms with E-state index in [2.05, 4.69) is 17.6 Å². The summed E-state index contributed by atoms with van der Waals surface area (Å²) in [6.45, 7) is 4.72. The summed E-state index contributed by atoms with van der Waals surface area (Å²) in [4.78, 5) is 11.0. The smallest absolute Gasteiger partial charge is 0.221 e. The predicted molar refractivity (Wildman–Crippen MR) is 59.7 cm³/mol. The van der Waals surface area contributed by atoms with Gasteiger partial charge in [0.2, 0.25) is 5.91 Å². The highest BCUT2D eigenvalue weighted by molar-refractivity contribution is 5.75. The lowest BCUT2D eigenvalue weighted by atomic mass is 9.93. The fourth-order valence-corrected chi connectivity index (χ4v) is 1.92. The Balaban J connectivity index is 2.11. The van der Waals surface area contributed by atoms with Gasteiger partial charge in [0.25, 0.3) is 0 Å². The second kappa shape index (κ2) is 6.80. The quantitative estimate of drug-likeness (QED) is 0.702. The van der Waals surface area contributed by atoms with Crippen molar-refractivity contribution in [2.75, 3.05) is 26.8 Å². The monoisotopic (exact) mass is 214 g/mol. The molecule has 0 spiro atoms. The lowest BCUT2D eigenvalue weighted by Crippen LogP contribution is -2.38. The first-order chi connectivity index (χ1) is 7.24.